The van der Waals surface area contributed by atoms with E-state index in [0.717, 1.165) is 6.54 Å². The summed E-state index contributed by atoms with van der Waals surface area (Å²) in [6.07, 6.45) is 0. The van der Waals surface area contributed by atoms with Crippen molar-refractivity contribution in [1.82, 2.24) is 0 Å². The molecule has 0 aromatic rings. The Hall–Kier alpha value is -0.160. The zero-order chi connectivity index (χ0) is 6.28. The highest BCUT2D eigenvalue weighted by Gasteiger charge is 1.61. The minimum absolute atomic E-state index is 0. The molecule has 0 saturated carbocycles. The smallest absolute Gasteiger partial charge is 0.0711 e. The van der Waals surface area contributed by atoms with Gasteiger partial charge >= 0.3 is 0 Å². The topological polar surface area (TPSA) is 92.1 Å². The van der Waals surface area contributed by atoms with Gasteiger partial charge in [-0.1, -0.05) is 0 Å². The molecule has 0 radical (unpaired) electrons. The van der Waals surface area contributed by atoms with Crippen LogP contribution in [0.15, 0.2) is 0 Å². The van der Waals surface area contributed by atoms with E-state index in [1.54, 1.807) is 0 Å². The van der Waals surface area contributed by atoms with Crippen molar-refractivity contribution in [1.29, 1.82) is 0 Å². The number of rotatable bonds is 0. The van der Waals surface area contributed by atoms with Gasteiger partial charge in [0.15, 0.2) is 0 Å². The maximum atomic E-state index is 3.49. The van der Waals surface area contributed by atoms with Crippen molar-refractivity contribution in [3.05, 3.63) is 0 Å². The Kier molecular flexibility index (Phi) is 64.1. The van der Waals surface area contributed by atoms with Crippen LogP contribution < -0.4 is 10.6 Å². The quantitative estimate of drug-likeness (QED) is 0.394. The summed E-state index contributed by atoms with van der Waals surface area (Å²) in [5.41, 5.74) is 3.49. The van der Waals surface area contributed by atoms with Crippen molar-refractivity contribution < 1.29 is 21.6 Å². The first-order chi connectivity index (χ1) is 3.15. The first-order valence-corrected chi connectivity index (χ1v) is 2.71. The van der Waals surface area contributed by atoms with E-state index in [4.69, 9.17) is 0 Å². The Morgan fingerprint density at radius 2 is 1.11 bits per heavy atom. The monoisotopic (exact) mass is 140 g/mol. The molecule has 0 heterocycles. The first kappa shape index (κ1) is 23.2. The predicted octanol–water partition coefficient (Wildman–Crippen LogP) is -2.34. The van der Waals surface area contributed by atoms with E-state index < -0.39 is 0 Å². The summed E-state index contributed by atoms with van der Waals surface area (Å²) in [5.74, 6) is 0. The summed E-state index contributed by atoms with van der Waals surface area (Å²) in [6, 6.07) is 0. The molecule has 62 valence electrons. The van der Waals surface area contributed by atoms with Gasteiger partial charge in [0.1, 0.15) is 0 Å². The highest BCUT2D eigenvalue weighted by atomic mass is 16.0. The van der Waals surface area contributed by atoms with Gasteiger partial charge in [-0.25, -0.2) is 0 Å². The maximum Gasteiger partial charge on any atom is 0.0711 e. The molecule has 0 fully saturated rings. The average Bonchev–Trinajstić information content (AvgIpc) is 1.33. The molecule has 9 heavy (non-hydrogen) atoms. The molecule has 0 spiro atoms. The maximum absolute atomic E-state index is 3.49. The Bertz CT molecular complexity index is 24.2. The molecule has 4 heteroatoms. The largest absolute Gasteiger partial charge is 0.870 e. The minimum Gasteiger partial charge on any atom is -0.870 e. The number of hydrogen-bond donors (Lipinski definition) is 2. The van der Waals surface area contributed by atoms with Crippen LogP contribution >= 0.6 is 0 Å². The third-order valence-electron chi connectivity index (χ3n) is 0. The molecule has 0 rings (SSSR count). The third kappa shape index (κ3) is 10400. The second kappa shape index (κ2) is 24.9. The van der Waals surface area contributed by atoms with Crippen LogP contribution in [0.5, 0.6) is 0 Å². The third-order valence-corrected chi connectivity index (χ3v) is 0. The van der Waals surface area contributed by atoms with Crippen molar-refractivity contribution in [2.45, 2.75) is 6.92 Å². The Morgan fingerprint density at radius 1 is 1.11 bits per heavy atom. The highest BCUT2D eigenvalue weighted by Crippen LogP contribution is 1.13. The van der Waals surface area contributed by atoms with E-state index in [2.05, 4.69) is 26.9 Å². The lowest BCUT2D eigenvalue weighted by atomic mass is 10.8. The number of quaternary nitrogens is 2. The van der Waals surface area contributed by atoms with Crippen LogP contribution in [-0.2, 0) is 0 Å². The van der Waals surface area contributed by atoms with Crippen LogP contribution in [-0.4, -0.2) is 38.6 Å². The second-order valence-electron chi connectivity index (χ2n) is 2.00. The molecule has 0 atom stereocenters. The van der Waals surface area contributed by atoms with Crippen molar-refractivity contribution >= 4 is 0 Å². The summed E-state index contributed by atoms with van der Waals surface area (Å²) >= 11 is 0. The lowest BCUT2D eigenvalue weighted by molar-refractivity contribution is -0.836. The number of nitrogens with one attached hydrogen (secondary N) is 1. The van der Waals surface area contributed by atoms with Crippen molar-refractivity contribution in [3.8, 4) is 0 Å². The van der Waals surface area contributed by atoms with Crippen LogP contribution in [0.1, 0.15) is 6.92 Å². The van der Waals surface area contributed by atoms with Crippen molar-refractivity contribution in [2.75, 3.05) is 27.7 Å². The van der Waals surface area contributed by atoms with Crippen LogP contribution in [0.2, 0.25) is 0 Å². The van der Waals surface area contributed by atoms with Gasteiger partial charge in [0.2, 0.25) is 0 Å². The van der Waals surface area contributed by atoms with Gasteiger partial charge in [-0.3, -0.25) is 0 Å². The van der Waals surface area contributed by atoms with Gasteiger partial charge in [-0.2, -0.15) is 0 Å². The molecule has 0 aromatic carbocycles. The molecule has 0 saturated heterocycles. The molecule has 0 aromatic heterocycles. The minimum atomic E-state index is 0. The van der Waals surface area contributed by atoms with Gasteiger partial charge in [-0.15, -0.1) is 0 Å². The summed E-state index contributed by atoms with van der Waals surface area (Å²) in [6.45, 7) is 3.01. The zero-order valence-corrected chi connectivity index (χ0v) is 6.81. The molecule has 0 aliphatic rings. The standard InChI is InChI=1S/C3H9N.C2H7N.2H2O/c1-4(2)3;1-2-3;;/h1-3H3;2-3H2,1H3;2*1H2. The lowest BCUT2D eigenvalue weighted by Crippen LogP contribution is -3.02. The van der Waals surface area contributed by atoms with Crippen LogP contribution in [0.25, 0.3) is 0 Å². The molecule has 0 aliphatic heterocycles. The van der Waals surface area contributed by atoms with Gasteiger partial charge in [-0.05, 0) is 6.92 Å². The molecular formula is C5H20N2O2. The second-order valence-corrected chi connectivity index (χ2v) is 2.00. The van der Waals surface area contributed by atoms with Crippen LogP contribution in [0.4, 0.5) is 0 Å². The normalized spacial score (nSPS) is 6.00. The summed E-state index contributed by atoms with van der Waals surface area (Å²) in [7, 11) is 6.25. The SMILES string of the molecule is CC[NH3+].C[NH+](C)C.[OH-].[OH-]. The molecule has 0 aliphatic carbocycles. The highest BCUT2D eigenvalue weighted by molar-refractivity contribution is 3.79. The predicted molar refractivity (Wildman–Crippen MR) is 36.0 cm³/mol. The molecule has 0 amide bonds. The van der Waals surface area contributed by atoms with E-state index in [1.165, 1.54) is 4.90 Å². The summed E-state index contributed by atoms with van der Waals surface area (Å²) < 4.78 is 0. The summed E-state index contributed by atoms with van der Waals surface area (Å²) in [5, 5.41) is 0. The molecular weight excluding hydrogens is 120 g/mol. The Balaban J connectivity index is -0.0000000233. The molecule has 4 nitrogen and oxygen atoms in total. The molecule has 0 bridgehead atoms. The zero-order valence-electron chi connectivity index (χ0n) is 6.81. The fourth-order valence-corrected chi connectivity index (χ4v) is 0. The van der Waals surface area contributed by atoms with E-state index in [0.29, 0.717) is 0 Å². The number of hydrogen-bond acceptors (Lipinski definition) is 2. The first-order valence-electron chi connectivity index (χ1n) is 2.71. The van der Waals surface area contributed by atoms with E-state index in [1.807, 2.05) is 6.92 Å². The molecule has 6 N–H and O–H groups in total. The summed E-state index contributed by atoms with van der Waals surface area (Å²) in [4.78, 5) is 1.42. The lowest BCUT2D eigenvalue weighted by Gasteiger charge is -1.88. The van der Waals surface area contributed by atoms with Crippen molar-refractivity contribution in [2.24, 2.45) is 0 Å². The van der Waals surface area contributed by atoms with Gasteiger partial charge < -0.3 is 21.6 Å². The fourth-order valence-electron chi connectivity index (χ4n) is 0. The van der Waals surface area contributed by atoms with Crippen LogP contribution in [0, 0.1) is 0 Å². The Morgan fingerprint density at radius 3 is 1.11 bits per heavy atom. The average molecular weight is 140 g/mol. The van der Waals surface area contributed by atoms with E-state index >= 15 is 0 Å². The van der Waals surface area contributed by atoms with Gasteiger partial charge in [0, 0.05) is 0 Å². The van der Waals surface area contributed by atoms with Crippen molar-refractivity contribution in [3.63, 3.8) is 0 Å². The van der Waals surface area contributed by atoms with Gasteiger partial charge in [0.25, 0.3) is 0 Å². The fraction of sp³-hybridized carbons (Fsp3) is 1.00. The van der Waals surface area contributed by atoms with E-state index in [9.17, 15) is 0 Å². The van der Waals surface area contributed by atoms with Crippen LogP contribution in [0.3, 0.4) is 0 Å². The van der Waals surface area contributed by atoms with E-state index in [-0.39, 0.29) is 11.0 Å². The Labute approximate surface area is 57.3 Å². The molecule has 0 unspecified atom stereocenters. The van der Waals surface area contributed by atoms with Gasteiger partial charge in [0.05, 0.1) is 27.7 Å².